The molecule has 2 N–H and O–H groups in total. The largest absolute Gasteiger partial charge is 0.494 e. The normalized spacial score (nSPS) is 10.7. The van der Waals surface area contributed by atoms with Crippen molar-refractivity contribution in [1.29, 1.82) is 0 Å². The topological polar surface area (TPSA) is 57.4 Å². The molecule has 5 nitrogen and oxygen atoms in total. The first-order valence-corrected chi connectivity index (χ1v) is 11.4. The zero-order valence-corrected chi connectivity index (χ0v) is 19.4. The zero-order valence-electron chi connectivity index (χ0n) is 18.6. The van der Waals surface area contributed by atoms with Crippen LogP contribution < -0.4 is 15.6 Å². The van der Waals surface area contributed by atoms with Crippen molar-refractivity contribution >= 4 is 28.2 Å². The molecule has 4 aromatic rings. The molecule has 0 saturated carbocycles. The minimum atomic E-state index is -0.115. The van der Waals surface area contributed by atoms with Gasteiger partial charge in [-0.2, -0.15) is 0 Å². The van der Waals surface area contributed by atoms with Gasteiger partial charge in [0.15, 0.2) is 5.11 Å². The quantitative estimate of drug-likeness (QED) is 0.365. The molecule has 0 radical (unpaired) electrons. The molecule has 0 bridgehead atoms. The van der Waals surface area contributed by atoms with Crippen LogP contribution in [0.2, 0.25) is 0 Å². The summed E-state index contributed by atoms with van der Waals surface area (Å²) < 4.78 is 5.62. The van der Waals surface area contributed by atoms with Crippen LogP contribution in [0.3, 0.4) is 0 Å². The molecule has 4 rings (SSSR count). The van der Waals surface area contributed by atoms with Crippen LogP contribution in [0.5, 0.6) is 5.75 Å². The molecule has 0 aliphatic heterocycles. The molecule has 0 unspecified atom stereocenters. The second-order valence-corrected chi connectivity index (χ2v) is 8.18. The number of aromatic amines is 1. The van der Waals surface area contributed by atoms with Gasteiger partial charge in [-0.05, 0) is 54.5 Å². The van der Waals surface area contributed by atoms with Crippen molar-refractivity contribution in [2.75, 3.05) is 6.61 Å². The SMILES string of the molecule is CCOc1ccc2[nH]c(=O)c(CN(Cc3ccccc3)C(=S)NCc3ccccc3)cc2c1. The Morgan fingerprint density at radius 2 is 1.64 bits per heavy atom. The smallest absolute Gasteiger partial charge is 0.253 e. The maximum absolute atomic E-state index is 12.9. The molecule has 3 aromatic carbocycles. The number of thiocarbonyl (C=S) groups is 1. The molecule has 6 heteroatoms. The summed E-state index contributed by atoms with van der Waals surface area (Å²) in [6.07, 6.45) is 0. The van der Waals surface area contributed by atoms with Crippen molar-refractivity contribution < 1.29 is 4.74 Å². The van der Waals surface area contributed by atoms with E-state index < -0.39 is 0 Å². The third-order valence-corrected chi connectivity index (χ3v) is 5.76. The van der Waals surface area contributed by atoms with E-state index in [0.717, 1.165) is 27.8 Å². The molecule has 0 aliphatic rings. The lowest BCUT2D eigenvalue weighted by atomic mass is 10.1. The number of fused-ring (bicyclic) bond motifs is 1. The summed E-state index contributed by atoms with van der Waals surface area (Å²) in [7, 11) is 0. The number of benzene rings is 3. The fraction of sp³-hybridized carbons (Fsp3) is 0.185. The van der Waals surface area contributed by atoms with E-state index in [0.29, 0.717) is 36.9 Å². The van der Waals surface area contributed by atoms with Crippen LogP contribution >= 0.6 is 12.2 Å². The van der Waals surface area contributed by atoms with Crippen LogP contribution in [-0.2, 0) is 19.6 Å². The van der Waals surface area contributed by atoms with Crippen LogP contribution in [-0.4, -0.2) is 21.6 Å². The first-order valence-electron chi connectivity index (χ1n) is 11.0. The Morgan fingerprint density at radius 3 is 2.33 bits per heavy atom. The maximum atomic E-state index is 12.9. The van der Waals surface area contributed by atoms with E-state index in [1.807, 2.05) is 72.5 Å². The number of H-pyrrole nitrogens is 1. The lowest BCUT2D eigenvalue weighted by molar-refractivity contribution is 0.340. The summed E-state index contributed by atoms with van der Waals surface area (Å²) in [4.78, 5) is 17.9. The summed E-state index contributed by atoms with van der Waals surface area (Å²) >= 11 is 5.75. The highest BCUT2D eigenvalue weighted by molar-refractivity contribution is 7.80. The van der Waals surface area contributed by atoms with Crippen LogP contribution in [0.1, 0.15) is 23.6 Å². The van der Waals surface area contributed by atoms with Gasteiger partial charge in [-0.15, -0.1) is 0 Å². The molecule has 0 atom stereocenters. The average molecular weight is 458 g/mol. The minimum absolute atomic E-state index is 0.115. The Labute approximate surface area is 199 Å². The van der Waals surface area contributed by atoms with Gasteiger partial charge < -0.3 is 19.9 Å². The lowest BCUT2D eigenvalue weighted by Crippen LogP contribution is -2.39. The van der Waals surface area contributed by atoms with Gasteiger partial charge in [0, 0.05) is 29.6 Å². The standard InChI is InChI=1S/C27H27N3O2S/c1-2-32-24-13-14-25-22(16-24)15-23(26(31)29-25)19-30(18-21-11-7-4-8-12-21)27(33)28-17-20-9-5-3-6-10-20/h3-16H,2,17-19H2,1H3,(H,28,33)(H,29,31). The van der Waals surface area contributed by atoms with E-state index in [1.165, 1.54) is 0 Å². The van der Waals surface area contributed by atoms with E-state index in [9.17, 15) is 4.79 Å². The summed E-state index contributed by atoms with van der Waals surface area (Å²) in [5, 5.41) is 4.88. The van der Waals surface area contributed by atoms with E-state index in [-0.39, 0.29) is 5.56 Å². The second kappa shape index (κ2) is 10.8. The van der Waals surface area contributed by atoms with Gasteiger partial charge in [-0.1, -0.05) is 60.7 Å². The number of ether oxygens (including phenoxy) is 1. The van der Waals surface area contributed by atoms with Crippen LogP contribution in [0.15, 0.2) is 89.7 Å². The molecule has 1 aromatic heterocycles. The predicted octanol–water partition coefficient (Wildman–Crippen LogP) is 5.00. The predicted molar refractivity (Wildman–Crippen MR) is 137 cm³/mol. The fourth-order valence-electron chi connectivity index (χ4n) is 3.70. The first-order chi connectivity index (χ1) is 16.1. The summed E-state index contributed by atoms with van der Waals surface area (Å²) in [5.74, 6) is 0.782. The van der Waals surface area contributed by atoms with Crippen molar-refractivity contribution in [3.63, 3.8) is 0 Å². The van der Waals surface area contributed by atoms with Gasteiger partial charge in [-0.3, -0.25) is 4.79 Å². The monoisotopic (exact) mass is 457 g/mol. The number of hydrogen-bond donors (Lipinski definition) is 2. The van der Waals surface area contributed by atoms with E-state index in [2.05, 4.69) is 34.6 Å². The second-order valence-electron chi connectivity index (χ2n) is 7.79. The van der Waals surface area contributed by atoms with Gasteiger partial charge in [-0.25, -0.2) is 0 Å². The number of pyridine rings is 1. The number of aromatic nitrogens is 1. The van der Waals surface area contributed by atoms with Gasteiger partial charge in [0.05, 0.1) is 13.2 Å². The molecule has 0 fully saturated rings. The summed E-state index contributed by atoms with van der Waals surface area (Å²) in [6.45, 7) is 4.15. The van der Waals surface area contributed by atoms with Gasteiger partial charge in [0.2, 0.25) is 0 Å². The van der Waals surface area contributed by atoms with Gasteiger partial charge >= 0.3 is 0 Å². The van der Waals surface area contributed by atoms with Crippen molar-refractivity contribution in [2.24, 2.45) is 0 Å². The summed E-state index contributed by atoms with van der Waals surface area (Å²) in [6, 6.07) is 27.9. The minimum Gasteiger partial charge on any atom is -0.494 e. The van der Waals surface area contributed by atoms with Crippen molar-refractivity contribution in [1.82, 2.24) is 15.2 Å². The Balaban J connectivity index is 1.59. The number of nitrogens with zero attached hydrogens (tertiary/aromatic N) is 1. The maximum Gasteiger partial charge on any atom is 0.253 e. The molecule has 0 saturated heterocycles. The third-order valence-electron chi connectivity index (χ3n) is 5.35. The number of rotatable bonds is 8. The Hall–Kier alpha value is -3.64. The number of hydrogen-bond acceptors (Lipinski definition) is 3. The molecular weight excluding hydrogens is 430 g/mol. The third kappa shape index (κ3) is 5.99. The average Bonchev–Trinajstić information content (AvgIpc) is 2.84. The summed E-state index contributed by atoms with van der Waals surface area (Å²) in [5.41, 5.74) is 3.59. The Kier molecular flexibility index (Phi) is 7.37. The highest BCUT2D eigenvalue weighted by atomic mass is 32.1. The molecule has 0 amide bonds. The molecule has 33 heavy (non-hydrogen) atoms. The van der Waals surface area contributed by atoms with Crippen LogP contribution in [0.25, 0.3) is 10.9 Å². The Morgan fingerprint density at radius 1 is 0.939 bits per heavy atom. The molecule has 0 aliphatic carbocycles. The molecule has 1 heterocycles. The zero-order chi connectivity index (χ0) is 23.0. The molecule has 168 valence electrons. The van der Waals surface area contributed by atoms with Crippen molar-refractivity contribution in [3.05, 3.63) is 112 Å². The first kappa shape index (κ1) is 22.6. The van der Waals surface area contributed by atoms with Gasteiger partial charge in [0.1, 0.15) is 5.75 Å². The number of nitrogens with one attached hydrogen (secondary N) is 2. The fourth-order valence-corrected chi connectivity index (χ4v) is 3.90. The lowest BCUT2D eigenvalue weighted by Gasteiger charge is -2.26. The van der Waals surface area contributed by atoms with E-state index in [1.54, 1.807) is 0 Å². The Bertz CT molecular complexity index is 1270. The van der Waals surface area contributed by atoms with Crippen LogP contribution in [0, 0.1) is 0 Å². The van der Waals surface area contributed by atoms with E-state index in [4.69, 9.17) is 17.0 Å². The van der Waals surface area contributed by atoms with E-state index >= 15 is 0 Å². The molecule has 0 spiro atoms. The van der Waals surface area contributed by atoms with Gasteiger partial charge in [0.25, 0.3) is 5.56 Å². The molecular formula is C27H27N3O2S. The highest BCUT2D eigenvalue weighted by Gasteiger charge is 2.14. The van der Waals surface area contributed by atoms with Crippen LogP contribution in [0.4, 0.5) is 0 Å². The van der Waals surface area contributed by atoms with Crippen molar-refractivity contribution in [2.45, 2.75) is 26.6 Å². The van der Waals surface area contributed by atoms with Crippen molar-refractivity contribution in [3.8, 4) is 5.75 Å². The highest BCUT2D eigenvalue weighted by Crippen LogP contribution is 2.20.